The van der Waals surface area contributed by atoms with Gasteiger partial charge in [-0.25, -0.2) is 4.79 Å². The molecule has 0 unspecified atom stereocenters. The predicted octanol–water partition coefficient (Wildman–Crippen LogP) is -0.0849. The quantitative estimate of drug-likeness (QED) is 0.238. The molecule has 1 fully saturated rings. The van der Waals surface area contributed by atoms with Crippen molar-refractivity contribution in [3.05, 3.63) is 21.7 Å². The second-order valence-electron chi connectivity index (χ2n) is 2.92. The van der Waals surface area contributed by atoms with Crippen molar-refractivity contribution in [3.8, 4) is 0 Å². The molecule has 0 radical (unpaired) electrons. The van der Waals surface area contributed by atoms with Crippen molar-refractivity contribution >= 4 is 18.6 Å². The van der Waals surface area contributed by atoms with E-state index in [0.29, 0.717) is 18.9 Å². The van der Waals surface area contributed by atoms with Gasteiger partial charge in [0.15, 0.2) is 0 Å². The fraction of sp³-hybridized carbons (Fsp3) is 0.625. The number of ether oxygens (including phenoxy) is 2. The summed E-state index contributed by atoms with van der Waals surface area (Å²) in [5, 5.41) is 13.4. The molecule has 0 aromatic heterocycles. The van der Waals surface area contributed by atoms with Gasteiger partial charge >= 0.3 is 11.7 Å². The van der Waals surface area contributed by atoms with E-state index >= 15 is 0 Å². The minimum absolute atomic E-state index is 0.0204. The van der Waals surface area contributed by atoms with Gasteiger partial charge in [0.1, 0.15) is 6.61 Å². The molecule has 16 heavy (non-hydrogen) atoms. The van der Waals surface area contributed by atoms with Crippen molar-refractivity contribution in [1.82, 2.24) is 5.32 Å². The molecule has 1 aliphatic rings. The molecule has 0 aromatic carbocycles. The molecule has 1 aliphatic heterocycles. The maximum absolute atomic E-state index is 11.4. The third kappa shape index (κ3) is 3.30. The van der Waals surface area contributed by atoms with E-state index in [0.717, 1.165) is 6.42 Å². The summed E-state index contributed by atoms with van der Waals surface area (Å²) in [6.45, 7) is 0.901. The topological polar surface area (TPSA) is 90.7 Å². The van der Waals surface area contributed by atoms with E-state index in [4.69, 9.17) is 4.74 Å². The van der Waals surface area contributed by atoms with E-state index in [1.165, 1.54) is 0 Å². The van der Waals surface area contributed by atoms with Crippen LogP contribution in [0, 0.1) is 10.1 Å². The minimum atomic E-state index is -1.01. The van der Waals surface area contributed by atoms with E-state index in [2.05, 4.69) is 22.7 Å². The summed E-state index contributed by atoms with van der Waals surface area (Å²) < 4.78 is 9.64. The van der Waals surface area contributed by atoms with Crippen LogP contribution in [0.4, 0.5) is 0 Å². The van der Waals surface area contributed by atoms with Crippen LogP contribution in [0.2, 0.25) is 0 Å². The molecule has 7 nitrogen and oxygen atoms in total. The van der Waals surface area contributed by atoms with Crippen molar-refractivity contribution in [2.45, 2.75) is 6.42 Å². The van der Waals surface area contributed by atoms with Crippen molar-refractivity contribution in [2.75, 3.05) is 25.5 Å². The van der Waals surface area contributed by atoms with E-state index in [1.807, 2.05) is 0 Å². The summed E-state index contributed by atoms with van der Waals surface area (Å²) in [5.74, 6) is -0.829. The molecule has 0 amide bonds. The molecule has 1 rings (SSSR count). The highest BCUT2D eigenvalue weighted by Crippen LogP contribution is 2.10. The zero-order valence-electron chi connectivity index (χ0n) is 8.47. The average Bonchev–Trinajstić information content (AvgIpc) is 2.27. The number of nitro groups is 1. The summed E-state index contributed by atoms with van der Waals surface area (Å²) in [7, 11) is 0. The highest BCUT2D eigenvalue weighted by molar-refractivity contribution is 7.80. The molecular formula is C8H12N2O5S. The molecule has 0 aliphatic carbocycles. The van der Waals surface area contributed by atoms with Gasteiger partial charge in [-0.3, -0.25) is 10.1 Å². The van der Waals surface area contributed by atoms with Gasteiger partial charge in [-0.05, 0) is 6.42 Å². The average molecular weight is 248 g/mol. The lowest BCUT2D eigenvalue weighted by Gasteiger charge is -2.17. The summed E-state index contributed by atoms with van der Waals surface area (Å²) in [4.78, 5) is 21.3. The maximum atomic E-state index is 11.4. The van der Waals surface area contributed by atoms with Gasteiger partial charge in [-0.1, -0.05) is 0 Å². The molecule has 8 heteroatoms. The second-order valence-corrected chi connectivity index (χ2v) is 3.37. The zero-order chi connectivity index (χ0) is 12.0. The standard InChI is InChI=1S/C8H12N2O5S/c11-8(15-4-5-16)6(10(12)13)7-9-2-1-3-14-7/h9,16H,1-5H2/b7-6+. The van der Waals surface area contributed by atoms with Crippen LogP contribution in [0.15, 0.2) is 11.6 Å². The third-order valence-corrected chi connectivity index (χ3v) is 1.95. The van der Waals surface area contributed by atoms with Crippen LogP contribution < -0.4 is 5.32 Å². The summed E-state index contributed by atoms with van der Waals surface area (Å²) >= 11 is 3.83. The summed E-state index contributed by atoms with van der Waals surface area (Å²) in [6, 6.07) is 0. The summed E-state index contributed by atoms with van der Waals surface area (Å²) in [5.41, 5.74) is -0.693. The SMILES string of the molecule is O=C(OCCS)/C(=C1/NCCCO1)[N+](=O)[O-]. The lowest BCUT2D eigenvalue weighted by Crippen LogP contribution is -2.30. The van der Waals surface area contributed by atoms with Crippen LogP contribution in [-0.2, 0) is 14.3 Å². The van der Waals surface area contributed by atoms with Crippen LogP contribution in [-0.4, -0.2) is 36.4 Å². The molecule has 1 N–H and O–H groups in total. The second kappa shape index (κ2) is 6.21. The Bertz CT molecular complexity index is 310. The molecule has 1 saturated heterocycles. The molecule has 1 heterocycles. The van der Waals surface area contributed by atoms with E-state index in [-0.39, 0.29) is 12.5 Å². The predicted molar refractivity (Wildman–Crippen MR) is 57.4 cm³/mol. The van der Waals surface area contributed by atoms with Crippen LogP contribution in [0.5, 0.6) is 0 Å². The zero-order valence-corrected chi connectivity index (χ0v) is 9.37. The van der Waals surface area contributed by atoms with Crippen molar-refractivity contribution in [3.63, 3.8) is 0 Å². The van der Waals surface area contributed by atoms with Crippen molar-refractivity contribution < 1.29 is 19.2 Å². The lowest BCUT2D eigenvalue weighted by molar-refractivity contribution is -0.425. The first kappa shape index (κ1) is 12.6. The molecule has 0 atom stereocenters. The van der Waals surface area contributed by atoms with Gasteiger partial charge in [-0.2, -0.15) is 12.6 Å². The first-order valence-electron chi connectivity index (χ1n) is 4.70. The number of carbonyl (C=O) groups excluding carboxylic acids is 1. The Kier molecular flexibility index (Phi) is 4.90. The lowest BCUT2D eigenvalue weighted by atomic mass is 10.3. The number of esters is 1. The largest absolute Gasteiger partial charge is 0.474 e. The Hall–Kier alpha value is -1.44. The number of nitrogens with one attached hydrogen (secondary N) is 1. The Balaban J connectivity index is 2.80. The van der Waals surface area contributed by atoms with Gasteiger partial charge < -0.3 is 14.8 Å². The van der Waals surface area contributed by atoms with Crippen molar-refractivity contribution in [1.29, 1.82) is 0 Å². The van der Waals surface area contributed by atoms with Gasteiger partial charge in [0.2, 0.25) is 0 Å². The normalized spacial score (nSPS) is 18.1. The number of hydrogen-bond acceptors (Lipinski definition) is 7. The fourth-order valence-corrected chi connectivity index (χ4v) is 1.20. The Morgan fingerprint density at radius 3 is 2.94 bits per heavy atom. The molecule has 0 bridgehead atoms. The van der Waals surface area contributed by atoms with E-state index in [9.17, 15) is 14.9 Å². The number of nitrogens with zero attached hydrogens (tertiary/aromatic N) is 1. The Morgan fingerprint density at radius 2 is 2.44 bits per heavy atom. The van der Waals surface area contributed by atoms with Crippen LogP contribution in [0.1, 0.15) is 6.42 Å². The summed E-state index contributed by atoms with van der Waals surface area (Å²) in [6.07, 6.45) is 0.736. The molecule has 0 spiro atoms. The third-order valence-electron chi connectivity index (χ3n) is 1.77. The number of hydrogen-bond donors (Lipinski definition) is 2. The van der Waals surface area contributed by atoms with Gasteiger partial charge in [0.25, 0.3) is 5.88 Å². The van der Waals surface area contributed by atoms with Crippen LogP contribution in [0.3, 0.4) is 0 Å². The Morgan fingerprint density at radius 1 is 1.69 bits per heavy atom. The van der Waals surface area contributed by atoms with Gasteiger partial charge in [0.05, 0.1) is 11.5 Å². The first-order chi connectivity index (χ1) is 7.66. The fourth-order valence-electron chi connectivity index (χ4n) is 1.11. The Labute approximate surface area is 97.3 Å². The number of rotatable bonds is 4. The first-order valence-corrected chi connectivity index (χ1v) is 5.33. The smallest absolute Gasteiger partial charge is 0.415 e. The number of carbonyl (C=O) groups is 1. The van der Waals surface area contributed by atoms with E-state index < -0.39 is 16.6 Å². The monoisotopic (exact) mass is 248 g/mol. The van der Waals surface area contributed by atoms with Crippen molar-refractivity contribution in [2.24, 2.45) is 0 Å². The highest BCUT2D eigenvalue weighted by atomic mass is 32.1. The van der Waals surface area contributed by atoms with Gasteiger partial charge in [-0.15, -0.1) is 0 Å². The molecule has 90 valence electrons. The molecule has 0 aromatic rings. The molecule has 0 saturated carbocycles. The van der Waals surface area contributed by atoms with E-state index in [1.54, 1.807) is 0 Å². The van der Waals surface area contributed by atoms with Crippen LogP contribution in [0.25, 0.3) is 0 Å². The minimum Gasteiger partial charge on any atom is -0.474 e. The van der Waals surface area contributed by atoms with Gasteiger partial charge in [0, 0.05) is 12.3 Å². The number of thiol groups is 1. The van der Waals surface area contributed by atoms with Crippen LogP contribution >= 0.6 is 12.6 Å². The molecular weight excluding hydrogens is 236 g/mol. The highest BCUT2D eigenvalue weighted by Gasteiger charge is 2.32. The maximum Gasteiger partial charge on any atom is 0.415 e.